The Morgan fingerprint density at radius 2 is 2.40 bits per heavy atom. The standard InChI is InChI=1S/C10H14N4S/c1-7(5-11)14(2)9-3-4-12-10-8(9)6-13-15-10/h3-4,6-7H,5,11H2,1-2H3. The van der Waals surface area contributed by atoms with Crippen LogP contribution in [0.15, 0.2) is 18.5 Å². The second-order valence-electron chi connectivity index (χ2n) is 3.57. The van der Waals surface area contributed by atoms with Gasteiger partial charge in [-0.05, 0) is 24.5 Å². The highest BCUT2D eigenvalue weighted by molar-refractivity contribution is 7.12. The van der Waals surface area contributed by atoms with Gasteiger partial charge in [0, 0.05) is 25.8 Å². The van der Waals surface area contributed by atoms with Crippen molar-refractivity contribution in [2.75, 3.05) is 18.5 Å². The lowest BCUT2D eigenvalue weighted by Gasteiger charge is -2.26. The molecule has 0 saturated heterocycles. The van der Waals surface area contributed by atoms with Crippen LogP contribution in [0.3, 0.4) is 0 Å². The molecule has 1 unspecified atom stereocenters. The molecule has 15 heavy (non-hydrogen) atoms. The number of fused-ring (bicyclic) bond motifs is 1. The summed E-state index contributed by atoms with van der Waals surface area (Å²) in [5.74, 6) is 0. The predicted molar refractivity (Wildman–Crippen MR) is 64.3 cm³/mol. The molecule has 0 amide bonds. The molecule has 1 atom stereocenters. The molecule has 2 aromatic rings. The Morgan fingerprint density at radius 1 is 1.60 bits per heavy atom. The van der Waals surface area contributed by atoms with E-state index in [0.717, 1.165) is 15.9 Å². The highest BCUT2D eigenvalue weighted by Crippen LogP contribution is 2.27. The molecule has 2 heterocycles. The Balaban J connectivity index is 2.46. The van der Waals surface area contributed by atoms with E-state index in [0.29, 0.717) is 12.6 Å². The summed E-state index contributed by atoms with van der Waals surface area (Å²) in [6, 6.07) is 2.32. The summed E-state index contributed by atoms with van der Waals surface area (Å²) >= 11 is 1.42. The van der Waals surface area contributed by atoms with Crippen molar-refractivity contribution in [2.24, 2.45) is 5.73 Å². The summed E-state index contributed by atoms with van der Waals surface area (Å²) in [4.78, 5) is 7.41. The van der Waals surface area contributed by atoms with Gasteiger partial charge in [0.25, 0.3) is 0 Å². The Hall–Kier alpha value is -1.20. The Morgan fingerprint density at radius 3 is 3.13 bits per heavy atom. The fraction of sp³-hybridized carbons (Fsp3) is 0.400. The number of hydrogen-bond acceptors (Lipinski definition) is 5. The lowest BCUT2D eigenvalue weighted by molar-refractivity contribution is 0.697. The molecule has 0 aliphatic heterocycles. The average molecular weight is 222 g/mol. The molecular weight excluding hydrogens is 208 g/mol. The van der Waals surface area contributed by atoms with Crippen LogP contribution in [0.2, 0.25) is 0 Å². The van der Waals surface area contributed by atoms with Crippen molar-refractivity contribution >= 4 is 27.4 Å². The van der Waals surface area contributed by atoms with Crippen LogP contribution in [0, 0.1) is 0 Å². The van der Waals surface area contributed by atoms with Crippen molar-refractivity contribution in [1.29, 1.82) is 0 Å². The van der Waals surface area contributed by atoms with Crippen molar-refractivity contribution in [3.8, 4) is 0 Å². The minimum atomic E-state index is 0.315. The normalized spacial score (nSPS) is 13.0. The molecular formula is C10H14N4S. The summed E-state index contributed by atoms with van der Waals surface area (Å²) in [6.45, 7) is 2.74. The van der Waals surface area contributed by atoms with Crippen LogP contribution in [0.1, 0.15) is 6.92 Å². The largest absolute Gasteiger partial charge is 0.370 e. The lowest BCUT2D eigenvalue weighted by Crippen LogP contribution is -2.35. The van der Waals surface area contributed by atoms with Crippen molar-refractivity contribution < 1.29 is 0 Å². The van der Waals surface area contributed by atoms with Gasteiger partial charge in [0.05, 0.1) is 17.3 Å². The number of nitrogens with zero attached hydrogens (tertiary/aromatic N) is 3. The second kappa shape index (κ2) is 4.12. The molecule has 0 saturated carbocycles. The van der Waals surface area contributed by atoms with Gasteiger partial charge in [-0.15, -0.1) is 0 Å². The third-order valence-corrected chi connectivity index (χ3v) is 3.34. The molecule has 2 aromatic heterocycles. The van der Waals surface area contributed by atoms with E-state index >= 15 is 0 Å². The van der Waals surface area contributed by atoms with E-state index in [1.165, 1.54) is 11.5 Å². The number of hydrogen-bond donors (Lipinski definition) is 1. The van der Waals surface area contributed by atoms with Gasteiger partial charge in [-0.3, -0.25) is 0 Å². The monoisotopic (exact) mass is 222 g/mol. The molecule has 4 nitrogen and oxygen atoms in total. The van der Waals surface area contributed by atoms with Gasteiger partial charge in [0.15, 0.2) is 0 Å². The molecule has 0 radical (unpaired) electrons. The number of nitrogens with two attached hydrogens (primary N) is 1. The third-order valence-electron chi connectivity index (χ3n) is 2.63. The number of anilines is 1. The maximum Gasteiger partial charge on any atom is 0.145 e. The molecule has 0 fully saturated rings. The quantitative estimate of drug-likeness (QED) is 0.854. The van der Waals surface area contributed by atoms with Crippen LogP contribution < -0.4 is 10.6 Å². The molecule has 0 aromatic carbocycles. The Labute approximate surface area is 92.9 Å². The van der Waals surface area contributed by atoms with E-state index in [4.69, 9.17) is 5.73 Å². The van der Waals surface area contributed by atoms with E-state index < -0.39 is 0 Å². The van der Waals surface area contributed by atoms with Gasteiger partial charge in [-0.1, -0.05) is 0 Å². The molecule has 0 spiro atoms. The summed E-state index contributed by atoms with van der Waals surface area (Å²) in [5.41, 5.74) is 6.80. The first-order valence-electron chi connectivity index (χ1n) is 4.86. The first-order valence-corrected chi connectivity index (χ1v) is 5.63. The maximum absolute atomic E-state index is 5.66. The van der Waals surface area contributed by atoms with Crippen LogP contribution in [-0.2, 0) is 0 Å². The first-order chi connectivity index (χ1) is 7.24. The smallest absolute Gasteiger partial charge is 0.145 e. The zero-order chi connectivity index (χ0) is 10.8. The zero-order valence-electron chi connectivity index (χ0n) is 8.84. The van der Waals surface area contributed by atoms with Gasteiger partial charge >= 0.3 is 0 Å². The summed E-state index contributed by atoms with van der Waals surface area (Å²) < 4.78 is 4.15. The van der Waals surface area contributed by atoms with Crippen molar-refractivity contribution in [2.45, 2.75) is 13.0 Å². The Kier molecular flexibility index (Phi) is 2.83. The molecule has 0 aliphatic rings. The number of aromatic nitrogens is 2. The van der Waals surface area contributed by atoms with Gasteiger partial charge in [-0.25, -0.2) is 4.98 Å². The van der Waals surface area contributed by atoms with Gasteiger partial charge < -0.3 is 10.6 Å². The highest BCUT2D eigenvalue weighted by atomic mass is 32.1. The lowest BCUT2D eigenvalue weighted by atomic mass is 10.2. The number of rotatable bonds is 3. The molecule has 80 valence electrons. The fourth-order valence-corrected chi connectivity index (χ4v) is 2.09. The summed E-state index contributed by atoms with van der Waals surface area (Å²) in [6.07, 6.45) is 3.68. The van der Waals surface area contributed by atoms with Crippen LogP contribution >= 0.6 is 11.5 Å². The molecule has 0 aliphatic carbocycles. The predicted octanol–water partition coefficient (Wildman–Crippen LogP) is 1.47. The fourth-order valence-electron chi connectivity index (χ4n) is 1.47. The van der Waals surface area contributed by atoms with Crippen molar-refractivity contribution in [3.63, 3.8) is 0 Å². The summed E-state index contributed by atoms with van der Waals surface area (Å²) in [7, 11) is 2.05. The zero-order valence-corrected chi connectivity index (χ0v) is 9.66. The van der Waals surface area contributed by atoms with E-state index in [9.17, 15) is 0 Å². The third kappa shape index (κ3) is 1.80. The Bertz CT molecular complexity index is 453. The average Bonchev–Trinajstić information content (AvgIpc) is 2.74. The SMILES string of the molecule is CC(CN)N(C)c1ccnc2sncc12. The van der Waals surface area contributed by atoms with Crippen LogP contribution in [0.5, 0.6) is 0 Å². The van der Waals surface area contributed by atoms with E-state index in [1.807, 2.05) is 25.5 Å². The van der Waals surface area contributed by atoms with E-state index in [2.05, 4.69) is 21.2 Å². The van der Waals surface area contributed by atoms with Gasteiger partial charge in [0.1, 0.15) is 4.83 Å². The van der Waals surface area contributed by atoms with Crippen molar-refractivity contribution in [1.82, 2.24) is 9.36 Å². The van der Waals surface area contributed by atoms with E-state index in [1.54, 1.807) is 0 Å². The summed E-state index contributed by atoms with van der Waals surface area (Å²) in [5, 5.41) is 1.10. The van der Waals surface area contributed by atoms with Crippen LogP contribution in [-0.4, -0.2) is 29.0 Å². The number of pyridine rings is 1. The van der Waals surface area contributed by atoms with Crippen molar-refractivity contribution in [3.05, 3.63) is 18.5 Å². The highest BCUT2D eigenvalue weighted by Gasteiger charge is 2.12. The topological polar surface area (TPSA) is 55.0 Å². The minimum absolute atomic E-state index is 0.315. The molecule has 2 N–H and O–H groups in total. The van der Waals surface area contributed by atoms with E-state index in [-0.39, 0.29) is 0 Å². The maximum atomic E-state index is 5.66. The molecule has 2 rings (SSSR count). The molecule has 0 bridgehead atoms. The van der Waals surface area contributed by atoms with Gasteiger partial charge in [-0.2, -0.15) is 4.37 Å². The van der Waals surface area contributed by atoms with Gasteiger partial charge in [0.2, 0.25) is 0 Å². The van der Waals surface area contributed by atoms with Crippen LogP contribution in [0.25, 0.3) is 10.2 Å². The minimum Gasteiger partial charge on any atom is -0.370 e. The second-order valence-corrected chi connectivity index (χ2v) is 4.35. The first kappa shape index (κ1) is 10.3. The number of likely N-dealkylation sites (N-methyl/N-ethyl adjacent to an activating group) is 1. The van der Waals surface area contributed by atoms with Crippen LogP contribution in [0.4, 0.5) is 5.69 Å². The molecule has 5 heteroatoms.